The summed E-state index contributed by atoms with van der Waals surface area (Å²) in [4.78, 5) is 4.37. The zero-order valence-electron chi connectivity index (χ0n) is 10.6. The molecule has 0 atom stereocenters. The maximum absolute atomic E-state index is 6.27. The van der Waals surface area contributed by atoms with Gasteiger partial charge in [0.15, 0.2) is 0 Å². The minimum atomic E-state index is 0.616. The van der Waals surface area contributed by atoms with Gasteiger partial charge >= 0.3 is 0 Å². The zero-order valence-corrected chi connectivity index (χ0v) is 11.3. The van der Waals surface area contributed by atoms with E-state index < -0.39 is 0 Å². The standard InChI is InChI=1S/C14H18ClN3/c1-2-3-14-17-8-9-18(14)12-5-4-11(6-7-16)13(15)10-12/h4-5,8-10H,2-3,6-7,16H2,1H3. The van der Waals surface area contributed by atoms with E-state index in [2.05, 4.69) is 22.5 Å². The number of benzene rings is 1. The molecule has 2 aromatic rings. The number of rotatable bonds is 5. The van der Waals surface area contributed by atoms with Crippen molar-refractivity contribution in [3.05, 3.63) is 47.0 Å². The van der Waals surface area contributed by atoms with Crippen molar-refractivity contribution in [2.24, 2.45) is 5.73 Å². The van der Waals surface area contributed by atoms with Crippen molar-refractivity contribution in [1.82, 2.24) is 9.55 Å². The number of nitrogens with zero attached hydrogens (tertiary/aromatic N) is 2. The van der Waals surface area contributed by atoms with Crippen LogP contribution in [0.1, 0.15) is 24.7 Å². The van der Waals surface area contributed by atoms with Gasteiger partial charge in [-0.1, -0.05) is 24.6 Å². The summed E-state index contributed by atoms with van der Waals surface area (Å²) >= 11 is 6.27. The van der Waals surface area contributed by atoms with Crippen LogP contribution >= 0.6 is 11.6 Å². The first-order valence-electron chi connectivity index (χ1n) is 6.27. The summed E-state index contributed by atoms with van der Waals surface area (Å²) in [5, 5.41) is 0.772. The van der Waals surface area contributed by atoms with Crippen molar-refractivity contribution < 1.29 is 0 Å². The van der Waals surface area contributed by atoms with Crippen LogP contribution < -0.4 is 5.73 Å². The lowest BCUT2D eigenvalue weighted by Gasteiger charge is -2.10. The topological polar surface area (TPSA) is 43.8 Å². The van der Waals surface area contributed by atoms with E-state index in [4.69, 9.17) is 17.3 Å². The molecule has 0 radical (unpaired) electrons. The number of hydrogen-bond donors (Lipinski definition) is 1. The van der Waals surface area contributed by atoms with Crippen LogP contribution in [0.5, 0.6) is 0 Å². The van der Waals surface area contributed by atoms with E-state index >= 15 is 0 Å². The quantitative estimate of drug-likeness (QED) is 0.901. The normalized spacial score (nSPS) is 10.8. The molecule has 0 aliphatic carbocycles. The summed E-state index contributed by atoms with van der Waals surface area (Å²) < 4.78 is 2.08. The Kier molecular flexibility index (Phi) is 4.39. The predicted molar refractivity (Wildman–Crippen MR) is 75.3 cm³/mol. The molecule has 0 aliphatic heterocycles. The van der Waals surface area contributed by atoms with Crippen molar-refractivity contribution >= 4 is 11.6 Å². The smallest absolute Gasteiger partial charge is 0.113 e. The lowest BCUT2D eigenvalue weighted by Crippen LogP contribution is -2.04. The Balaban J connectivity index is 2.33. The monoisotopic (exact) mass is 263 g/mol. The predicted octanol–water partition coefficient (Wildman–Crippen LogP) is 2.98. The number of halogens is 1. The van der Waals surface area contributed by atoms with Crippen molar-refractivity contribution in [3.8, 4) is 5.69 Å². The van der Waals surface area contributed by atoms with Crippen LogP contribution in [0.15, 0.2) is 30.6 Å². The third kappa shape index (κ3) is 2.74. The van der Waals surface area contributed by atoms with Gasteiger partial charge in [0.05, 0.1) is 0 Å². The molecule has 4 heteroatoms. The minimum Gasteiger partial charge on any atom is -0.330 e. The van der Waals surface area contributed by atoms with Gasteiger partial charge in [0.2, 0.25) is 0 Å². The van der Waals surface area contributed by atoms with Gasteiger partial charge in [0.25, 0.3) is 0 Å². The average molecular weight is 264 g/mol. The van der Waals surface area contributed by atoms with Crippen LogP contribution in [0.25, 0.3) is 5.69 Å². The largest absolute Gasteiger partial charge is 0.330 e. The molecule has 0 spiro atoms. The van der Waals surface area contributed by atoms with Gasteiger partial charge < -0.3 is 10.3 Å². The summed E-state index contributed by atoms with van der Waals surface area (Å²) in [6.07, 6.45) is 6.65. The molecule has 0 bridgehead atoms. The molecule has 1 aromatic carbocycles. The van der Waals surface area contributed by atoms with Crippen LogP contribution in [0, 0.1) is 0 Å². The van der Waals surface area contributed by atoms with E-state index in [1.165, 1.54) is 0 Å². The molecule has 0 amide bonds. The molecule has 1 aromatic heterocycles. The van der Waals surface area contributed by atoms with Gasteiger partial charge in [-0.15, -0.1) is 0 Å². The summed E-state index contributed by atoms with van der Waals surface area (Å²) in [6, 6.07) is 6.09. The fourth-order valence-electron chi connectivity index (χ4n) is 2.02. The lowest BCUT2D eigenvalue weighted by atomic mass is 10.1. The molecular formula is C14H18ClN3. The number of aromatic nitrogens is 2. The third-order valence-corrected chi connectivity index (χ3v) is 3.27. The van der Waals surface area contributed by atoms with Crippen molar-refractivity contribution in [3.63, 3.8) is 0 Å². The van der Waals surface area contributed by atoms with E-state index in [0.29, 0.717) is 6.54 Å². The van der Waals surface area contributed by atoms with E-state index in [1.54, 1.807) is 0 Å². The second-order valence-corrected chi connectivity index (χ2v) is 4.69. The first-order valence-corrected chi connectivity index (χ1v) is 6.65. The highest BCUT2D eigenvalue weighted by atomic mass is 35.5. The van der Waals surface area contributed by atoms with E-state index in [0.717, 1.165) is 41.4 Å². The molecule has 2 rings (SSSR count). The molecule has 1 heterocycles. The van der Waals surface area contributed by atoms with Gasteiger partial charge in [-0.2, -0.15) is 0 Å². The second-order valence-electron chi connectivity index (χ2n) is 4.28. The second kappa shape index (κ2) is 6.03. The molecule has 0 fully saturated rings. The maximum Gasteiger partial charge on any atom is 0.113 e. The number of imidazole rings is 1. The molecular weight excluding hydrogens is 246 g/mol. The Morgan fingerprint density at radius 2 is 2.17 bits per heavy atom. The highest BCUT2D eigenvalue weighted by molar-refractivity contribution is 6.31. The van der Waals surface area contributed by atoms with Gasteiger partial charge in [0, 0.05) is 29.5 Å². The molecule has 2 N–H and O–H groups in total. The number of hydrogen-bond acceptors (Lipinski definition) is 2. The Morgan fingerprint density at radius 1 is 1.33 bits per heavy atom. The molecule has 3 nitrogen and oxygen atoms in total. The van der Waals surface area contributed by atoms with Crippen molar-refractivity contribution in [2.75, 3.05) is 6.54 Å². The van der Waals surface area contributed by atoms with Crippen LogP contribution in [0.2, 0.25) is 5.02 Å². The van der Waals surface area contributed by atoms with E-state index in [-0.39, 0.29) is 0 Å². The minimum absolute atomic E-state index is 0.616. The summed E-state index contributed by atoms with van der Waals surface area (Å²) in [5.41, 5.74) is 7.71. The summed E-state index contributed by atoms with van der Waals surface area (Å²) in [6.45, 7) is 2.77. The summed E-state index contributed by atoms with van der Waals surface area (Å²) in [5.74, 6) is 1.07. The average Bonchev–Trinajstić information content (AvgIpc) is 2.81. The number of aryl methyl sites for hydroxylation is 1. The Hall–Kier alpha value is -1.32. The fourth-order valence-corrected chi connectivity index (χ4v) is 2.29. The fraction of sp³-hybridized carbons (Fsp3) is 0.357. The molecule has 96 valence electrons. The van der Waals surface area contributed by atoms with Crippen LogP contribution in [-0.2, 0) is 12.8 Å². The van der Waals surface area contributed by atoms with Crippen molar-refractivity contribution in [1.29, 1.82) is 0 Å². The first kappa shape index (κ1) is 13.1. The zero-order chi connectivity index (χ0) is 13.0. The van der Waals surface area contributed by atoms with E-state index in [9.17, 15) is 0 Å². The van der Waals surface area contributed by atoms with Gasteiger partial charge in [-0.25, -0.2) is 4.98 Å². The van der Waals surface area contributed by atoms with Crippen molar-refractivity contribution in [2.45, 2.75) is 26.2 Å². The molecule has 0 saturated heterocycles. The highest BCUT2D eigenvalue weighted by Crippen LogP contribution is 2.21. The first-order chi connectivity index (χ1) is 8.76. The third-order valence-electron chi connectivity index (χ3n) is 2.92. The molecule has 0 saturated carbocycles. The van der Waals surface area contributed by atoms with Crippen LogP contribution in [-0.4, -0.2) is 16.1 Å². The SMILES string of the molecule is CCCc1nccn1-c1ccc(CCN)c(Cl)c1. The molecule has 0 unspecified atom stereocenters. The maximum atomic E-state index is 6.27. The molecule has 0 aliphatic rings. The van der Waals surface area contributed by atoms with Gasteiger partial charge in [-0.05, 0) is 37.1 Å². The van der Waals surface area contributed by atoms with E-state index in [1.807, 2.05) is 24.5 Å². The Bertz CT molecular complexity index is 520. The van der Waals surface area contributed by atoms with Crippen LogP contribution in [0.4, 0.5) is 0 Å². The van der Waals surface area contributed by atoms with Gasteiger partial charge in [-0.3, -0.25) is 0 Å². The molecule has 18 heavy (non-hydrogen) atoms. The van der Waals surface area contributed by atoms with Crippen LogP contribution in [0.3, 0.4) is 0 Å². The highest BCUT2D eigenvalue weighted by Gasteiger charge is 2.06. The Morgan fingerprint density at radius 3 is 2.83 bits per heavy atom. The van der Waals surface area contributed by atoms with Gasteiger partial charge in [0.1, 0.15) is 5.82 Å². The summed E-state index contributed by atoms with van der Waals surface area (Å²) in [7, 11) is 0. The lowest BCUT2D eigenvalue weighted by molar-refractivity contribution is 0.809. The Labute approximate surface area is 113 Å². The number of nitrogens with two attached hydrogens (primary N) is 1.